The van der Waals surface area contributed by atoms with Gasteiger partial charge in [0.2, 0.25) is 5.91 Å². The minimum Gasteiger partial charge on any atom is -0.356 e. The van der Waals surface area contributed by atoms with Crippen molar-refractivity contribution in [3.05, 3.63) is 11.6 Å². The van der Waals surface area contributed by atoms with E-state index in [-0.39, 0.29) is 11.8 Å². The van der Waals surface area contributed by atoms with Crippen LogP contribution in [0.5, 0.6) is 0 Å². The molecule has 1 amide bonds. The van der Waals surface area contributed by atoms with E-state index in [1.807, 2.05) is 14.0 Å². The maximum atomic E-state index is 11.6. The lowest BCUT2D eigenvalue weighted by molar-refractivity contribution is -0.124. The topological polar surface area (TPSA) is 41.1 Å². The number of nitrogens with one attached hydrogen (secondary N) is 2. The van der Waals surface area contributed by atoms with E-state index < -0.39 is 0 Å². The van der Waals surface area contributed by atoms with Crippen LogP contribution in [0.2, 0.25) is 0 Å². The van der Waals surface area contributed by atoms with Gasteiger partial charge < -0.3 is 10.6 Å². The van der Waals surface area contributed by atoms with Gasteiger partial charge in [0.15, 0.2) is 0 Å². The number of rotatable bonds is 6. The molecule has 0 bridgehead atoms. The minimum absolute atomic E-state index is 0.0605. The molecule has 1 atom stereocenters. The Balaban J connectivity index is 2.14. The van der Waals surface area contributed by atoms with E-state index in [4.69, 9.17) is 0 Å². The Morgan fingerprint density at radius 2 is 2.31 bits per heavy atom. The third-order valence-corrected chi connectivity index (χ3v) is 3.09. The van der Waals surface area contributed by atoms with Crippen LogP contribution in [0.25, 0.3) is 0 Å². The van der Waals surface area contributed by atoms with E-state index in [0.717, 1.165) is 19.5 Å². The van der Waals surface area contributed by atoms with Crippen molar-refractivity contribution in [1.82, 2.24) is 10.6 Å². The molecule has 0 aromatic carbocycles. The Kier molecular flexibility index (Phi) is 6.16. The maximum Gasteiger partial charge on any atom is 0.224 e. The van der Waals surface area contributed by atoms with Gasteiger partial charge in [-0.1, -0.05) is 18.6 Å². The average Bonchev–Trinajstić information content (AvgIpc) is 2.30. The number of allylic oxidation sites excluding steroid dienone is 1. The van der Waals surface area contributed by atoms with Crippen molar-refractivity contribution in [2.45, 2.75) is 39.0 Å². The lowest BCUT2D eigenvalue weighted by atomic mass is 9.97. The van der Waals surface area contributed by atoms with Crippen molar-refractivity contribution in [2.75, 3.05) is 20.1 Å². The normalized spacial score (nSPS) is 17.8. The highest BCUT2D eigenvalue weighted by Gasteiger charge is 2.11. The predicted molar refractivity (Wildman–Crippen MR) is 67.3 cm³/mol. The Hall–Kier alpha value is -0.830. The molecule has 0 spiro atoms. The number of carbonyl (C=O) groups excluding carboxylic acids is 1. The van der Waals surface area contributed by atoms with Crippen molar-refractivity contribution < 1.29 is 4.79 Å². The fraction of sp³-hybridized carbons (Fsp3) is 0.769. The van der Waals surface area contributed by atoms with Crippen LogP contribution in [-0.2, 0) is 4.79 Å². The summed E-state index contributed by atoms with van der Waals surface area (Å²) in [6.07, 6.45) is 8.46. The second-order valence-electron chi connectivity index (χ2n) is 4.61. The second-order valence-corrected chi connectivity index (χ2v) is 4.61. The number of hydrogen-bond acceptors (Lipinski definition) is 2. The first-order valence-corrected chi connectivity index (χ1v) is 6.34. The van der Waals surface area contributed by atoms with Crippen LogP contribution in [0.4, 0.5) is 0 Å². The molecule has 1 unspecified atom stereocenters. The highest BCUT2D eigenvalue weighted by atomic mass is 16.1. The Morgan fingerprint density at radius 3 is 2.94 bits per heavy atom. The quantitative estimate of drug-likeness (QED) is 0.676. The summed E-state index contributed by atoms with van der Waals surface area (Å²) in [5.41, 5.74) is 1.52. The summed E-state index contributed by atoms with van der Waals surface area (Å²) in [5, 5.41) is 6.01. The van der Waals surface area contributed by atoms with Gasteiger partial charge in [0.1, 0.15) is 0 Å². The van der Waals surface area contributed by atoms with Crippen LogP contribution >= 0.6 is 0 Å². The molecule has 0 saturated heterocycles. The van der Waals surface area contributed by atoms with Gasteiger partial charge in [0.05, 0.1) is 0 Å². The van der Waals surface area contributed by atoms with Gasteiger partial charge in [0.25, 0.3) is 0 Å². The van der Waals surface area contributed by atoms with Gasteiger partial charge in [-0.2, -0.15) is 0 Å². The first-order chi connectivity index (χ1) is 7.74. The molecule has 0 saturated carbocycles. The van der Waals surface area contributed by atoms with Crippen molar-refractivity contribution in [2.24, 2.45) is 5.92 Å². The number of hydrogen-bond donors (Lipinski definition) is 2. The van der Waals surface area contributed by atoms with Crippen molar-refractivity contribution in [1.29, 1.82) is 0 Å². The Labute approximate surface area is 98.7 Å². The van der Waals surface area contributed by atoms with E-state index in [9.17, 15) is 4.79 Å². The molecule has 0 aromatic rings. The summed E-state index contributed by atoms with van der Waals surface area (Å²) in [5.74, 6) is 0.219. The summed E-state index contributed by atoms with van der Waals surface area (Å²) in [7, 11) is 1.87. The average molecular weight is 224 g/mol. The Morgan fingerprint density at radius 1 is 1.50 bits per heavy atom. The molecule has 3 nitrogen and oxygen atoms in total. The van der Waals surface area contributed by atoms with Gasteiger partial charge in [-0.3, -0.25) is 4.79 Å². The van der Waals surface area contributed by atoms with Gasteiger partial charge in [0, 0.05) is 19.0 Å². The largest absolute Gasteiger partial charge is 0.356 e. The third-order valence-electron chi connectivity index (χ3n) is 3.09. The first kappa shape index (κ1) is 13.2. The van der Waals surface area contributed by atoms with Crippen molar-refractivity contribution >= 4 is 5.91 Å². The van der Waals surface area contributed by atoms with Crippen molar-refractivity contribution in [3.8, 4) is 0 Å². The molecule has 16 heavy (non-hydrogen) atoms. The molecular formula is C13H24N2O. The zero-order valence-electron chi connectivity index (χ0n) is 10.5. The maximum absolute atomic E-state index is 11.6. The fourth-order valence-corrected chi connectivity index (χ4v) is 2.05. The summed E-state index contributed by atoms with van der Waals surface area (Å²) < 4.78 is 0. The molecule has 0 heterocycles. The third kappa shape index (κ3) is 4.79. The summed E-state index contributed by atoms with van der Waals surface area (Å²) >= 11 is 0. The van der Waals surface area contributed by atoms with Crippen LogP contribution in [0, 0.1) is 5.92 Å². The molecule has 92 valence electrons. The zero-order valence-corrected chi connectivity index (χ0v) is 10.5. The van der Waals surface area contributed by atoms with E-state index in [0.29, 0.717) is 0 Å². The lowest BCUT2D eigenvalue weighted by Crippen LogP contribution is -2.34. The molecular weight excluding hydrogens is 200 g/mol. The molecule has 1 aliphatic rings. The molecule has 1 aliphatic carbocycles. The number of amides is 1. The van der Waals surface area contributed by atoms with Crippen LogP contribution in [0.3, 0.4) is 0 Å². The van der Waals surface area contributed by atoms with E-state index in [2.05, 4.69) is 16.7 Å². The fourth-order valence-electron chi connectivity index (χ4n) is 2.05. The van der Waals surface area contributed by atoms with Gasteiger partial charge in [-0.05, 0) is 39.2 Å². The molecule has 0 aliphatic heterocycles. The lowest BCUT2D eigenvalue weighted by Gasteiger charge is -2.14. The van der Waals surface area contributed by atoms with Crippen LogP contribution in [0.15, 0.2) is 11.6 Å². The van der Waals surface area contributed by atoms with Crippen LogP contribution < -0.4 is 10.6 Å². The summed E-state index contributed by atoms with van der Waals surface area (Å²) in [4.78, 5) is 11.6. The molecule has 0 fully saturated rings. The monoisotopic (exact) mass is 224 g/mol. The van der Waals surface area contributed by atoms with Crippen LogP contribution in [-0.4, -0.2) is 26.0 Å². The SMILES string of the molecule is CNCC(C)C(=O)NCCC1=CCCCC1. The van der Waals surface area contributed by atoms with Gasteiger partial charge >= 0.3 is 0 Å². The van der Waals surface area contributed by atoms with E-state index in [1.165, 1.54) is 31.3 Å². The Bertz CT molecular complexity index is 248. The van der Waals surface area contributed by atoms with E-state index >= 15 is 0 Å². The van der Waals surface area contributed by atoms with Crippen LogP contribution in [0.1, 0.15) is 39.0 Å². The summed E-state index contributed by atoms with van der Waals surface area (Å²) in [6, 6.07) is 0. The standard InChI is InChI=1S/C13H24N2O/c1-11(10-14-2)13(16)15-9-8-12-6-4-3-5-7-12/h6,11,14H,3-5,7-10H2,1-2H3,(H,15,16). The van der Waals surface area contributed by atoms with E-state index in [1.54, 1.807) is 0 Å². The van der Waals surface area contributed by atoms with Gasteiger partial charge in [-0.25, -0.2) is 0 Å². The zero-order chi connectivity index (χ0) is 11.8. The highest BCUT2D eigenvalue weighted by Crippen LogP contribution is 2.19. The molecule has 1 rings (SSSR count). The second kappa shape index (κ2) is 7.44. The molecule has 0 aromatic heterocycles. The van der Waals surface area contributed by atoms with Crippen molar-refractivity contribution in [3.63, 3.8) is 0 Å². The molecule has 2 N–H and O–H groups in total. The van der Waals surface area contributed by atoms with Gasteiger partial charge in [-0.15, -0.1) is 0 Å². The molecule has 0 radical (unpaired) electrons. The number of carbonyl (C=O) groups is 1. The predicted octanol–water partition coefficient (Wildman–Crippen LogP) is 1.85. The highest BCUT2D eigenvalue weighted by molar-refractivity contribution is 5.78. The smallest absolute Gasteiger partial charge is 0.224 e. The summed E-state index contributed by atoms with van der Waals surface area (Å²) in [6.45, 7) is 3.49. The molecule has 3 heteroatoms. The first-order valence-electron chi connectivity index (χ1n) is 6.34. The minimum atomic E-state index is 0.0605.